The van der Waals surface area contributed by atoms with Gasteiger partial charge < -0.3 is 9.94 Å². The van der Waals surface area contributed by atoms with E-state index < -0.39 is 12.6 Å². The third kappa shape index (κ3) is 3.42. The summed E-state index contributed by atoms with van der Waals surface area (Å²) in [7, 11) is 0. The number of rotatable bonds is 4. The molecular weight excluding hydrogens is 208 g/mol. The van der Waals surface area contributed by atoms with Crippen molar-refractivity contribution in [2.45, 2.75) is 6.92 Å². The van der Waals surface area contributed by atoms with E-state index in [0.717, 1.165) is 5.56 Å². The number of nitrogens with zero attached hydrogens (tertiary/aromatic N) is 2. The third-order valence-electron chi connectivity index (χ3n) is 1.80. The molecule has 5 heteroatoms. The highest BCUT2D eigenvalue weighted by atomic mass is 16.6. The van der Waals surface area contributed by atoms with Gasteiger partial charge in [0.15, 0.2) is 0 Å². The molecule has 0 atom stereocenters. The predicted octanol–water partition coefficient (Wildman–Crippen LogP) is 1.38. The van der Waals surface area contributed by atoms with Crippen LogP contribution in [-0.4, -0.2) is 23.4 Å². The van der Waals surface area contributed by atoms with Crippen LogP contribution in [0.3, 0.4) is 0 Å². The Morgan fingerprint density at radius 2 is 2.38 bits per heavy atom. The zero-order chi connectivity index (χ0) is 12.0. The number of carboxylic acid groups (broad SMARTS) is 1. The fraction of sp³-hybridized carbons (Fsp3) is 0.182. The molecule has 0 heterocycles. The topological polar surface area (TPSA) is 82.7 Å². The second kappa shape index (κ2) is 5.51. The van der Waals surface area contributed by atoms with Gasteiger partial charge in [0.1, 0.15) is 0 Å². The second-order valence-corrected chi connectivity index (χ2v) is 3.04. The van der Waals surface area contributed by atoms with E-state index in [2.05, 4.69) is 9.99 Å². The molecule has 0 radical (unpaired) electrons. The van der Waals surface area contributed by atoms with Crippen molar-refractivity contribution in [1.82, 2.24) is 0 Å². The smallest absolute Gasteiger partial charge is 0.344 e. The van der Waals surface area contributed by atoms with Gasteiger partial charge in [-0.25, -0.2) is 4.79 Å². The fourth-order valence-corrected chi connectivity index (χ4v) is 1.05. The SMILES string of the molecule is C/C(=N/OCC(=O)O)c1cccc(C#N)c1. The number of carboxylic acids is 1. The van der Waals surface area contributed by atoms with Crippen LogP contribution in [0.1, 0.15) is 18.1 Å². The highest BCUT2D eigenvalue weighted by Gasteiger charge is 2.00. The van der Waals surface area contributed by atoms with Gasteiger partial charge in [-0.2, -0.15) is 5.26 Å². The first-order valence-corrected chi connectivity index (χ1v) is 4.52. The summed E-state index contributed by atoms with van der Waals surface area (Å²) in [5.74, 6) is -1.08. The number of aliphatic carboxylic acids is 1. The summed E-state index contributed by atoms with van der Waals surface area (Å²) in [6.07, 6.45) is 0. The molecule has 5 nitrogen and oxygen atoms in total. The van der Waals surface area contributed by atoms with E-state index in [1.54, 1.807) is 31.2 Å². The quantitative estimate of drug-likeness (QED) is 0.611. The van der Waals surface area contributed by atoms with Gasteiger partial charge in [-0.15, -0.1) is 0 Å². The molecule has 0 aromatic heterocycles. The first-order chi connectivity index (χ1) is 7.63. The van der Waals surface area contributed by atoms with Crippen molar-refractivity contribution in [1.29, 1.82) is 5.26 Å². The van der Waals surface area contributed by atoms with Crippen LogP contribution < -0.4 is 0 Å². The van der Waals surface area contributed by atoms with E-state index in [1.807, 2.05) is 6.07 Å². The van der Waals surface area contributed by atoms with Gasteiger partial charge in [0.05, 0.1) is 17.3 Å². The van der Waals surface area contributed by atoms with Crippen molar-refractivity contribution in [3.8, 4) is 6.07 Å². The lowest BCUT2D eigenvalue weighted by Gasteiger charge is -2.00. The monoisotopic (exact) mass is 218 g/mol. The van der Waals surface area contributed by atoms with Gasteiger partial charge in [-0.3, -0.25) is 0 Å². The van der Waals surface area contributed by atoms with Crippen LogP contribution in [0.5, 0.6) is 0 Å². The molecule has 0 aliphatic heterocycles. The molecule has 0 aliphatic carbocycles. The van der Waals surface area contributed by atoms with E-state index in [1.165, 1.54) is 0 Å². The molecule has 0 saturated carbocycles. The highest BCUT2D eigenvalue weighted by molar-refractivity contribution is 5.98. The van der Waals surface area contributed by atoms with Crippen LogP contribution in [0.2, 0.25) is 0 Å². The molecule has 1 N–H and O–H groups in total. The minimum atomic E-state index is -1.08. The van der Waals surface area contributed by atoms with Crippen LogP contribution in [0, 0.1) is 11.3 Å². The molecule has 0 spiro atoms. The molecule has 0 saturated heterocycles. The van der Waals surface area contributed by atoms with Crippen LogP contribution in [0.4, 0.5) is 0 Å². The largest absolute Gasteiger partial charge is 0.479 e. The lowest BCUT2D eigenvalue weighted by atomic mass is 10.1. The van der Waals surface area contributed by atoms with Gasteiger partial charge in [0.2, 0.25) is 6.61 Å². The highest BCUT2D eigenvalue weighted by Crippen LogP contribution is 2.05. The molecule has 1 aromatic rings. The first-order valence-electron chi connectivity index (χ1n) is 4.52. The summed E-state index contributed by atoms with van der Waals surface area (Å²) >= 11 is 0. The molecule has 0 aliphatic rings. The van der Waals surface area contributed by atoms with Crippen molar-refractivity contribution in [3.05, 3.63) is 35.4 Å². The number of oxime groups is 1. The third-order valence-corrected chi connectivity index (χ3v) is 1.80. The van der Waals surface area contributed by atoms with Crippen molar-refractivity contribution in [3.63, 3.8) is 0 Å². The molecular formula is C11H10N2O3. The normalized spacial score (nSPS) is 10.6. The predicted molar refractivity (Wildman–Crippen MR) is 57.0 cm³/mol. The second-order valence-electron chi connectivity index (χ2n) is 3.04. The summed E-state index contributed by atoms with van der Waals surface area (Å²) in [4.78, 5) is 14.8. The zero-order valence-corrected chi connectivity index (χ0v) is 8.67. The number of nitriles is 1. The summed E-state index contributed by atoms with van der Waals surface area (Å²) in [5.41, 5.74) is 1.77. The maximum absolute atomic E-state index is 10.2. The van der Waals surface area contributed by atoms with Crippen molar-refractivity contribution < 1.29 is 14.7 Å². The molecule has 0 bridgehead atoms. The van der Waals surface area contributed by atoms with E-state index in [-0.39, 0.29) is 0 Å². The summed E-state index contributed by atoms with van der Waals surface area (Å²) in [6.45, 7) is 1.20. The van der Waals surface area contributed by atoms with Gasteiger partial charge in [0.25, 0.3) is 0 Å². The number of hydrogen-bond donors (Lipinski definition) is 1. The van der Waals surface area contributed by atoms with Crippen molar-refractivity contribution in [2.75, 3.05) is 6.61 Å². The Balaban J connectivity index is 2.76. The van der Waals surface area contributed by atoms with Crippen molar-refractivity contribution in [2.24, 2.45) is 5.16 Å². The van der Waals surface area contributed by atoms with Crippen LogP contribution in [0.15, 0.2) is 29.4 Å². The van der Waals surface area contributed by atoms with E-state index in [4.69, 9.17) is 10.4 Å². The molecule has 82 valence electrons. The molecule has 0 fully saturated rings. The van der Waals surface area contributed by atoms with Gasteiger partial charge in [-0.1, -0.05) is 17.3 Å². The number of hydrogen-bond acceptors (Lipinski definition) is 4. The number of benzene rings is 1. The van der Waals surface area contributed by atoms with E-state index in [9.17, 15) is 4.79 Å². The van der Waals surface area contributed by atoms with Gasteiger partial charge in [-0.05, 0) is 19.1 Å². The maximum Gasteiger partial charge on any atom is 0.344 e. The average molecular weight is 218 g/mol. The van der Waals surface area contributed by atoms with Crippen LogP contribution >= 0.6 is 0 Å². The fourth-order valence-electron chi connectivity index (χ4n) is 1.05. The molecule has 16 heavy (non-hydrogen) atoms. The minimum absolute atomic E-state index is 0.477. The molecule has 0 unspecified atom stereocenters. The Morgan fingerprint density at radius 3 is 3.00 bits per heavy atom. The molecule has 1 aromatic carbocycles. The Labute approximate surface area is 92.6 Å². The van der Waals surface area contributed by atoms with Gasteiger partial charge in [0, 0.05) is 5.56 Å². The van der Waals surface area contributed by atoms with E-state index >= 15 is 0 Å². The number of carbonyl (C=O) groups is 1. The summed E-state index contributed by atoms with van der Waals surface area (Å²) < 4.78 is 0. The summed E-state index contributed by atoms with van der Waals surface area (Å²) in [6, 6.07) is 8.83. The maximum atomic E-state index is 10.2. The zero-order valence-electron chi connectivity index (χ0n) is 8.67. The Kier molecular flexibility index (Phi) is 4.04. The van der Waals surface area contributed by atoms with E-state index in [0.29, 0.717) is 11.3 Å². The Hall–Kier alpha value is -2.35. The van der Waals surface area contributed by atoms with Crippen LogP contribution in [-0.2, 0) is 9.63 Å². The van der Waals surface area contributed by atoms with Gasteiger partial charge >= 0.3 is 5.97 Å². The molecule has 0 amide bonds. The minimum Gasteiger partial charge on any atom is -0.479 e. The Morgan fingerprint density at radius 1 is 1.62 bits per heavy atom. The van der Waals surface area contributed by atoms with Crippen LogP contribution in [0.25, 0.3) is 0 Å². The standard InChI is InChI=1S/C11H10N2O3/c1-8(13-16-7-11(14)15)10-4-2-3-9(5-10)6-12/h2-5H,7H2,1H3,(H,14,15)/b13-8-. The molecule has 1 rings (SSSR count). The Bertz CT molecular complexity index is 461. The summed E-state index contributed by atoms with van der Waals surface area (Å²) in [5, 5.41) is 20.7. The lowest BCUT2D eigenvalue weighted by molar-refractivity contribution is -0.142. The average Bonchev–Trinajstić information content (AvgIpc) is 2.28. The lowest BCUT2D eigenvalue weighted by Crippen LogP contribution is -2.05. The van der Waals surface area contributed by atoms with Crippen molar-refractivity contribution >= 4 is 11.7 Å². The first kappa shape index (κ1) is 11.7.